The second kappa shape index (κ2) is 9.80. The third-order valence-corrected chi connectivity index (χ3v) is 6.68. The van der Waals surface area contributed by atoms with Crippen molar-refractivity contribution >= 4 is 17.5 Å². The predicted molar refractivity (Wildman–Crippen MR) is 120 cm³/mol. The van der Waals surface area contributed by atoms with E-state index in [1.54, 1.807) is 0 Å². The van der Waals surface area contributed by atoms with Gasteiger partial charge in [0.15, 0.2) is 5.78 Å². The summed E-state index contributed by atoms with van der Waals surface area (Å²) in [6.45, 7) is 4.64. The van der Waals surface area contributed by atoms with Crippen molar-refractivity contribution in [3.05, 3.63) is 41.1 Å². The summed E-state index contributed by atoms with van der Waals surface area (Å²) in [6.07, 6.45) is 8.11. The van der Waals surface area contributed by atoms with E-state index in [1.807, 2.05) is 31.2 Å². The highest BCUT2D eigenvalue weighted by molar-refractivity contribution is 6.09. The number of rotatable bonds is 7. The third-order valence-electron chi connectivity index (χ3n) is 6.68. The minimum absolute atomic E-state index is 0.0190. The van der Waals surface area contributed by atoms with Gasteiger partial charge in [-0.25, -0.2) is 0 Å². The summed E-state index contributed by atoms with van der Waals surface area (Å²) in [5, 5.41) is 0. The van der Waals surface area contributed by atoms with Gasteiger partial charge in [0.25, 0.3) is 0 Å². The quantitative estimate of drug-likeness (QED) is 0.427. The average molecular weight is 424 g/mol. The number of ether oxygens (including phenoxy) is 2. The highest BCUT2D eigenvalue weighted by Gasteiger charge is 2.44. The van der Waals surface area contributed by atoms with E-state index in [4.69, 9.17) is 14.5 Å². The van der Waals surface area contributed by atoms with Crippen LogP contribution < -0.4 is 4.74 Å². The van der Waals surface area contributed by atoms with Crippen molar-refractivity contribution in [1.29, 1.82) is 0 Å². The third kappa shape index (κ3) is 4.60. The van der Waals surface area contributed by atoms with Gasteiger partial charge in [0.1, 0.15) is 17.8 Å². The molecule has 0 radical (unpaired) electrons. The Kier molecular flexibility index (Phi) is 6.89. The Bertz CT molecular complexity index is 894. The molecule has 0 N–H and O–H groups in total. The molecule has 3 aliphatic rings. The Morgan fingerprint density at radius 2 is 1.90 bits per heavy atom. The Labute approximate surface area is 184 Å². The molecule has 0 bridgehead atoms. The first-order valence-electron chi connectivity index (χ1n) is 11.8. The van der Waals surface area contributed by atoms with Gasteiger partial charge in [0.05, 0.1) is 6.61 Å². The molecule has 0 unspecified atom stereocenters. The Morgan fingerprint density at radius 3 is 2.68 bits per heavy atom. The van der Waals surface area contributed by atoms with E-state index in [0.717, 1.165) is 74.1 Å². The molecule has 5 heteroatoms. The van der Waals surface area contributed by atoms with Crippen LogP contribution in [0.15, 0.2) is 40.5 Å². The standard InChI is InChI=1S/C26H33NO4/c1-3-4-16-30-22-15-8-7-12-19(22)24-23(26(29)31-18-10-5-6-11-18)17(2)27-20-13-9-14-21(28)25(20)24/h7-8,12,15,18,23-24H,3-6,9-11,13-14,16H2,1-2H3/t23-,24-/m1/s1. The Morgan fingerprint density at radius 1 is 1.13 bits per heavy atom. The van der Waals surface area contributed by atoms with E-state index < -0.39 is 11.8 Å². The van der Waals surface area contributed by atoms with Gasteiger partial charge < -0.3 is 9.47 Å². The highest BCUT2D eigenvalue weighted by Crippen LogP contribution is 2.46. The predicted octanol–water partition coefficient (Wildman–Crippen LogP) is 5.53. The molecule has 1 aliphatic heterocycles. The lowest BCUT2D eigenvalue weighted by atomic mass is 9.71. The number of carbonyl (C=O) groups excluding carboxylic acids is 2. The van der Waals surface area contributed by atoms with Crippen LogP contribution >= 0.6 is 0 Å². The number of aliphatic imine (C=N–C) groups is 1. The summed E-state index contributed by atoms with van der Waals surface area (Å²) in [6, 6.07) is 7.83. The molecule has 1 heterocycles. The van der Waals surface area contributed by atoms with E-state index in [1.165, 1.54) is 0 Å². The molecule has 0 amide bonds. The number of nitrogens with zero attached hydrogens (tertiary/aromatic N) is 1. The van der Waals surface area contributed by atoms with Crippen LogP contribution in [0.4, 0.5) is 0 Å². The molecule has 5 nitrogen and oxygen atoms in total. The fourth-order valence-corrected chi connectivity index (χ4v) is 5.09. The summed E-state index contributed by atoms with van der Waals surface area (Å²) < 4.78 is 12.0. The molecule has 2 aliphatic carbocycles. The molecule has 1 aromatic rings. The zero-order chi connectivity index (χ0) is 21.8. The number of benzene rings is 1. The first kappa shape index (κ1) is 21.8. The number of para-hydroxylation sites is 1. The van der Waals surface area contributed by atoms with Crippen LogP contribution in [0.3, 0.4) is 0 Å². The number of hydrogen-bond donors (Lipinski definition) is 0. The van der Waals surface area contributed by atoms with Gasteiger partial charge in [0.2, 0.25) is 0 Å². The normalized spacial score (nSPS) is 24.1. The van der Waals surface area contributed by atoms with Crippen molar-refractivity contribution in [2.45, 2.75) is 83.7 Å². The average Bonchev–Trinajstić information content (AvgIpc) is 3.26. The van der Waals surface area contributed by atoms with Gasteiger partial charge in [-0.3, -0.25) is 14.6 Å². The summed E-state index contributed by atoms with van der Waals surface area (Å²) >= 11 is 0. The lowest BCUT2D eigenvalue weighted by molar-refractivity contribution is -0.151. The number of hydrogen-bond acceptors (Lipinski definition) is 5. The maximum absolute atomic E-state index is 13.4. The number of carbonyl (C=O) groups is 2. The topological polar surface area (TPSA) is 65.0 Å². The molecule has 0 aromatic heterocycles. The lowest BCUT2D eigenvalue weighted by Crippen LogP contribution is -2.38. The highest BCUT2D eigenvalue weighted by atomic mass is 16.5. The monoisotopic (exact) mass is 423 g/mol. The summed E-state index contributed by atoms with van der Waals surface area (Å²) in [5.41, 5.74) is 3.16. The first-order chi connectivity index (χ1) is 15.1. The fourth-order valence-electron chi connectivity index (χ4n) is 5.09. The molecular weight excluding hydrogens is 390 g/mol. The SMILES string of the molecule is CCCCOc1ccccc1[C@H]1C2=C(CCCC2=O)N=C(C)[C@H]1C(=O)OC1CCCC1. The largest absolute Gasteiger partial charge is 0.493 e. The Balaban J connectivity index is 1.74. The van der Waals surface area contributed by atoms with E-state index >= 15 is 0 Å². The van der Waals surface area contributed by atoms with Crippen molar-refractivity contribution in [2.75, 3.05) is 6.61 Å². The van der Waals surface area contributed by atoms with Gasteiger partial charge in [-0.05, 0) is 57.9 Å². The zero-order valence-corrected chi connectivity index (χ0v) is 18.7. The molecule has 31 heavy (non-hydrogen) atoms. The van der Waals surface area contributed by atoms with Crippen LogP contribution in [0.1, 0.15) is 83.1 Å². The van der Waals surface area contributed by atoms with Gasteiger partial charge in [-0.2, -0.15) is 0 Å². The number of Topliss-reactive ketones (excluding diaryl/α,β-unsaturated/α-hetero) is 1. The number of esters is 1. The molecule has 0 saturated heterocycles. The smallest absolute Gasteiger partial charge is 0.315 e. The van der Waals surface area contributed by atoms with Crippen LogP contribution in [0.25, 0.3) is 0 Å². The molecule has 2 atom stereocenters. The van der Waals surface area contributed by atoms with Crippen molar-refractivity contribution in [3.63, 3.8) is 0 Å². The molecule has 1 saturated carbocycles. The Hall–Kier alpha value is -2.43. The molecular formula is C26H33NO4. The van der Waals surface area contributed by atoms with Gasteiger partial charge in [-0.1, -0.05) is 31.5 Å². The van der Waals surface area contributed by atoms with Crippen LogP contribution in [0, 0.1) is 5.92 Å². The van der Waals surface area contributed by atoms with Crippen molar-refractivity contribution in [1.82, 2.24) is 0 Å². The molecule has 4 rings (SSSR count). The van der Waals surface area contributed by atoms with Gasteiger partial charge in [-0.15, -0.1) is 0 Å². The lowest BCUT2D eigenvalue weighted by Gasteiger charge is -2.35. The van der Waals surface area contributed by atoms with Crippen LogP contribution in [0.2, 0.25) is 0 Å². The minimum Gasteiger partial charge on any atom is -0.493 e. The summed E-state index contributed by atoms with van der Waals surface area (Å²) in [4.78, 5) is 31.3. The molecule has 1 fully saturated rings. The number of unbranched alkanes of at least 4 members (excludes halogenated alkanes) is 1. The van der Waals surface area contributed by atoms with Crippen molar-refractivity contribution in [2.24, 2.45) is 10.9 Å². The van der Waals surface area contributed by atoms with Crippen molar-refractivity contribution < 1.29 is 19.1 Å². The van der Waals surface area contributed by atoms with Crippen LogP contribution in [0.5, 0.6) is 5.75 Å². The first-order valence-corrected chi connectivity index (χ1v) is 11.8. The van der Waals surface area contributed by atoms with Gasteiger partial charge >= 0.3 is 5.97 Å². The second-order valence-electron chi connectivity index (χ2n) is 8.93. The minimum atomic E-state index is -0.586. The summed E-state index contributed by atoms with van der Waals surface area (Å²) in [5.74, 6) is -0.389. The van der Waals surface area contributed by atoms with Crippen molar-refractivity contribution in [3.8, 4) is 5.75 Å². The van der Waals surface area contributed by atoms with E-state index in [2.05, 4.69) is 6.92 Å². The molecule has 1 aromatic carbocycles. The van der Waals surface area contributed by atoms with E-state index in [-0.39, 0.29) is 17.9 Å². The van der Waals surface area contributed by atoms with Crippen LogP contribution in [-0.4, -0.2) is 30.2 Å². The maximum Gasteiger partial charge on any atom is 0.315 e. The maximum atomic E-state index is 13.4. The second-order valence-corrected chi connectivity index (χ2v) is 8.93. The van der Waals surface area contributed by atoms with E-state index in [0.29, 0.717) is 18.6 Å². The van der Waals surface area contributed by atoms with E-state index in [9.17, 15) is 9.59 Å². The fraction of sp³-hybridized carbons (Fsp3) is 0.577. The number of ketones is 1. The molecule has 166 valence electrons. The zero-order valence-electron chi connectivity index (χ0n) is 18.7. The number of allylic oxidation sites excluding steroid dienone is 2. The summed E-state index contributed by atoms with van der Waals surface area (Å²) in [7, 11) is 0. The van der Waals surface area contributed by atoms with Crippen LogP contribution in [-0.2, 0) is 14.3 Å². The van der Waals surface area contributed by atoms with Gasteiger partial charge in [0, 0.05) is 34.9 Å². The molecule has 0 spiro atoms.